The molecule has 0 atom stereocenters. The largest absolute Gasteiger partial charge is 0.481 e. The first-order chi connectivity index (χ1) is 9.22. The zero-order chi connectivity index (χ0) is 13.9. The van der Waals surface area contributed by atoms with Crippen LogP contribution < -0.4 is 0 Å². The molecule has 0 spiro atoms. The lowest BCUT2D eigenvalue weighted by molar-refractivity contribution is -0.136. The number of hydrogen-bond donors (Lipinski definition) is 1. The number of aliphatic carboxylic acids is 1. The predicted molar refractivity (Wildman–Crippen MR) is 79.4 cm³/mol. The third-order valence-electron chi connectivity index (χ3n) is 3.13. The van der Waals surface area contributed by atoms with Crippen LogP contribution in [0.3, 0.4) is 0 Å². The number of allylic oxidation sites excluding steroid dienone is 2. The second-order valence-corrected chi connectivity index (χ2v) is 4.86. The lowest BCUT2D eigenvalue weighted by Crippen LogP contribution is -1.91. The Morgan fingerprint density at radius 1 is 1.05 bits per heavy atom. The fourth-order valence-corrected chi connectivity index (χ4v) is 1.95. The predicted octanol–water partition coefficient (Wildman–Crippen LogP) is 4.38. The summed E-state index contributed by atoms with van der Waals surface area (Å²) in [6.45, 7) is 2.21. The normalized spacial score (nSPS) is 11.0. The summed E-state index contributed by atoms with van der Waals surface area (Å²) in [6.07, 6.45) is 10.6. The minimum Gasteiger partial charge on any atom is -0.481 e. The molecule has 0 heterocycles. The van der Waals surface area contributed by atoms with Crippen molar-refractivity contribution in [3.63, 3.8) is 0 Å². The van der Waals surface area contributed by atoms with Gasteiger partial charge in [-0.25, -0.2) is 0 Å². The molecule has 0 saturated heterocycles. The van der Waals surface area contributed by atoms with Gasteiger partial charge in [-0.05, 0) is 43.2 Å². The number of rotatable bonds is 9. The smallest absolute Gasteiger partial charge is 0.303 e. The second kappa shape index (κ2) is 9.37. The summed E-state index contributed by atoms with van der Waals surface area (Å²) in [7, 11) is 0. The van der Waals surface area contributed by atoms with Crippen molar-refractivity contribution in [3.05, 3.63) is 47.5 Å². The Hall–Kier alpha value is -1.57. The van der Waals surface area contributed by atoms with Gasteiger partial charge < -0.3 is 5.11 Å². The summed E-state index contributed by atoms with van der Waals surface area (Å²) in [5.74, 6) is -0.729. The Morgan fingerprint density at radius 2 is 1.63 bits per heavy atom. The Balaban J connectivity index is 2.24. The van der Waals surface area contributed by atoms with E-state index in [-0.39, 0.29) is 6.42 Å². The number of benzene rings is 1. The van der Waals surface area contributed by atoms with E-state index in [9.17, 15) is 4.79 Å². The maximum absolute atomic E-state index is 10.3. The fraction of sp³-hybridized carbons (Fsp3) is 0.471. The van der Waals surface area contributed by atoms with Gasteiger partial charge in [-0.15, -0.1) is 0 Å². The Labute approximate surface area is 116 Å². The first-order valence-electron chi connectivity index (χ1n) is 7.17. The summed E-state index contributed by atoms with van der Waals surface area (Å²) in [5.41, 5.74) is 2.77. The van der Waals surface area contributed by atoms with E-state index in [1.165, 1.54) is 30.4 Å². The van der Waals surface area contributed by atoms with E-state index in [1.54, 1.807) is 0 Å². The number of carbonyl (C=O) groups is 1. The molecule has 0 aromatic heterocycles. The zero-order valence-corrected chi connectivity index (χ0v) is 11.8. The van der Waals surface area contributed by atoms with E-state index < -0.39 is 5.97 Å². The SMILES string of the molecule is CCCCc1ccc(CC/C=C/CCC(=O)O)cc1. The quantitative estimate of drug-likeness (QED) is 0.669. The highest BCUT2D eigenvalue weighted by atomic mass is 16.4. The third-order valence-corrected chi connectivity index (χ3v) is 3.13. The molecule has 1 aromatic rings. The molecule has 0 fully saturated rings. The number of unbranched alkanes of at least 4 members (excludes halogenated alkanes) is 1. The standard InChI is InChI=1S/C17H24O2/c1-2-3-8-15-11-13-16(14-12-15)9-6-4-5-7-10-17(18)19/h4-5,11-14H,2-3,6-10H2,1H3,(H,18,19)/b5-4+. The number of carboxylic acids is 1. The summed E-state index contributed by atoms with van der Waals surface area (Å²) >= 11 is 0. The van der Waals surface area contributed by atoms with E-state index in [1.807, 2.05) is 6.08 Å². The molecule has 104 valence electrons. The number of carboxylic acid groups (broad SMARTS) is 1. The molecule has 0 aliphatic carbocycles. The van der Waals surface area contributed by atoms with Crippen molar-refractivity contribution in [2.45, 2.75) is 51.9 Å². The van der Waals surface area contributed by atoms with Crippen LogP contribution in [-0.4, -0.2) is 11.1 Å². The zero-order valence-electron chi connectivity index (χ0n) is 11.8. The molecule has 1 aromatic carbocycles. The van der Waals surface area contributed by atoms with E-state index in [4.69, 9.17) is 5.11 Å². The fourth-order valence-electron chi connectivity index (χ4n) is 1.95. The summed E-state index contributed by atoms with van der Waals surface area (Å²) < 4.78 is 0. The minimum absolute atomic E-state index is 0.225. The van der Waals surface area contributed by atoms with Crippen molar-refractivity contribution in [2.75, 3.05) is 0 Å². The monoisotopic (exact) mass is 260 g/mol. The van der Waals surface area contributed by atoms with Crippen LogP contribution in [0.5, 0.6) is 0 Å². The molecule has 2 nitrogen and oxygen atoms in total. The number of hydrogen-bond acceptors (Lipinski definition) is 1. The van der Waals surface area contributed by atoms with Gasteiger partial charge >= 0.3 is 5.97 Å². The molecule has 1 N–H and O–H groups in total. The average Bonchev–Trinajstić information content (AvgIpc) is 2.41. The van der Waals surface area contributed by atoms with Gasteiger partial charge in [0.15, 0.2) is 0 Å². The topological polar surface area (TPSA) is 37.3 Å². The van der Waals surface area contributed by atoms with Gasteiger partial charge in [0.05, 0.1) is 0 Å². The van der Waals surface area contributed by atoms with Crippen molar-refractivity contribution < 1.29 is 9.90 Å². The molecular formula is C17H24O2. The first kappa shape index (κ1) is 15.5. The van der Waals surface area contributed by atoms with Gasteiger partial charge in [-0.1, -0.05) is 49.8 Å². The molecule has 0 aliphatic heterocycles. The third kappa shape index (κ3) is 7.45. The molecule has 0 aliphatic rings. The van der Waals surface area contributed by atoms with Crippen LogP contribution in [0.1, 0.15) is 50.2 Å². The van der Waals surface area contributed by atoms with Crippen LogP contribution in [0.25, 0.3) is 0 Å². The van der Waals surface area contributed by atoms with Crippen LogP contribution in [0, 0.1) is 0 Å². The Morgan fingerprint density at radius 3 is 2.21 bits per heavy atom. The van der Waals surface area contributed by atoms with Crippen LogP contribution >= 0.6 is 0 Å². The summed E-state index contributed by atoms with van der Waals surface area (Å²) in [6, 6.07) is 8.85. The van der Waals surface area contributed by atoms with E-state index in [0.717, 1.165) is 12.8 Å². The highest BCUT2D eigenvalue weighted by Crippen LogP contribution is 2.10. The van der Waals surface area contributed by atoms with Gasteiger partial charge in [-0.2, -0.15) is 0 Å². The Kier molecular flexibility index (Phi) is 7.64. The van der Waals surface area contributed by atoms with Crippen molar-refractivity contribution in [3.8, 4) is 0 Å². The molecule has 0 bridgehead atoms. The average molecular weight is 260 g/mol. The maximum Gasteiger partial charge on any atom is 0.303 e. The van der Waals surface area contributed by atoms with E-state index >= 15 is 0 Å². The van der Waals surface area contributed by atoms with E-state index in [2.05, 4.69) is 37.3 Å². The Bertz CT molecular complexity index is 390. The van der Waals surface area contributed by atoms with Crippen LogP contribution in [-0.2, 0) is 17.6 Å². The molecular weight excluding hydrogens is 236 g/mol. The van der Waals surface area contributed by atoms with Crippen molar-refractivity contribution >= 4 is 5.97 Å². The highest BCUT2D eigenvalue weighted by Gasteiger charge is 1.95. The molecule has 0 amide bonds. The van der Waals surface area contributed by atoms with E-state index in [0.29, 0.717) is 6.42 Å². The summed E-state index contributed by atoms with van der Waals surface area (Å²) in [4.78, 5) is 10.3. The first-order valence-corrected chi connectivity index (χ1v) is 7.17. The minimum atomic E-state index is -0.729. The van der Waals surface area contributed by atoms with Crippen molar-refractivity contribution in [1.82, 2.24) is 0 Å². The lowest BCUT2D eigenvalue weighted by atomic mass is 10.0. The molecule has 19 heavy (non-hydrogen) atoms. The number of aryl methyl sites for hydroxylation is 2. The molecule has 2 heteroatoms. The van der Waals surface area contributed by atoms with Gasteiger partial charge in [0.25, 0.3) is 0 Å². The van der Waals surface area contributed by atoms with Gasteiger partial charge in [0.2, 0.25) is 0 Å². The van der Waals surface area contributed by atoms with Gasteiger partial charge in [-0.3, -0.25) is 4.79 Å². The van der Waals surface area contributed by atoms with Crippen LogP contribution in [0.4, 0.5) is 0 Å². The second-order valence-electron chi connectivity index (χ2n) is 4.86. The van der Waals surface area contributed by atoms with Crippen LogP contribution in [0.2, 0.25) is 0 Å². The van der Waals surface area contributed by atoms with Crippen molar-refractivity contribution in [2.24, 2.45) is 0 Å². The summed E-state index contributed by atoms with van der Waals surface area (Å²) in [5, 5.41) is 8.50. The lowest BCUT2D eigenvalue weighted by Gasteiger charge is -2.02. The van der Waals surface area contributed by atoms with Gasteiger partial charge in [0, 0.05) is 6.42 Å². The highest BCUT2D eigenvalue weighted by molar-refractivity contribution is 5.66. The molecule has 0 radical (unpaired) electrons. The molecule has 0 unspecified atom stereocenters. The molecule has 1 rings (SSSR count). The molecule has 0 saturated carbocycles. The van der Waals surface area contributed by atoms with Crippen molar-refractivity contribution in [1.29, 1.82) is 0 Å². The van der Waals surface area contributed by atoms with Gasteiger partial charge in [0.1, 0.15) is 0 Å². The maximum atomic E-state index is 10.3. The van der Waals surface area contributed by atoms with Crippen LogP contribution in [0.15, 0.2) is 36.4 Å².